The highest BCUT2D eigenvalue weighted by molar-refractivity contribution is 7.96. The fourth-order valence-electron chi connectivity index (χ4n) is 3.58. The Bertz CT molecular complexity index is 1010. The zero-order chi connectivity index (χ0) is 19.7. The Balaban J connectivity index is 2.20. The molecule has 0 heterocycles. The van der Waals surface area contributed by atoms with Crippen LogP contribution >= 0.6 is 0 Å². The van der Waals surface area contributed by atoms with Gasteiger partial charge >= 0.3 is 0 Å². The lowest BCUT2D eigenvalue weighted by Crippen LogP contribution is -2.52. The van der Waals surface area contributed by atoms with Gasteiger partial charge in [-0.2, -0.15) is 0 Å². The second-order valence-corrected chi connectivity index (χ2v) is 10.8. The Hall–Kier alpha value is -1.96. The molecule has 0 spiro atoms. The van der Waals surface area contributed by atoms with E-state index in [1.54, 1.807) is 42.5 Å². The summed E-state index contributed by atoms with van der Waals surface area (Å²) in [4.78, 5) is 0.0664. The average Bonchev–Trinajstić information content (AvgIpc) is 2.69. The molecular weight excluding hydrogens is 384 g/mol. The normalized spacial score (nSPS) is 26.0. The molecule has 0 unspecified atom stereocenters. The molecule has 0 bridgehead atoms. The summed E-state index contributed by atoms with van der Waals surface area (Å²) in [5.41, 5.74) is 0. The molecule has 0 saturated carbocycles. The maximum absolute atomic E-state index is 13.4. The summed E-state index contributed by atoms with van der Waals surface area (Å²) >= 11 is 0. The van der Waals surface area contributed by atoms with Gasteiger partial charge in [-0.15, -0.1) is 0 Å². The van der Waals surface area contributed by atoms with Crippen molar-refractivity contribution >= 4 is 19.7 Å². The van der Waals surface area contributed by atoms with E-state index in [1.807, 2.05) is 6.92 Å². The summed E-state index contributed by atoms with van der Waals surface area (Å²) in [5.74, 6) is -0.512. The van der Waals surface area contributed by atoms with Gasteiger partial charge in [-0.05, 0) is 36.6 Å². The van der Waals surface area contributed by atoms with E-state index < -0.39 is 42.2 Å². The number of hydrogen-bond acceptors (Lipinski definition) is 5. The van der Waals surface area contributed by atoms with Crippen LogP contribution in [0.4, 0.5) is 0 Å². The van der Waals surface area contributed by atoms with Crippen LogP contribution in [0.25, 0.3) is 0 Å². The third kappa shape index (κ3) is 3.59. The van der Waals surface area contributed by atoms with Crippen LogP contribution in [0.1, 0.15) is 13.3 Å². The van der Waals surface area contributed by atoms with Gasteiger partial charge in [-0.3, -0.25) is 0 Å². The summed E-state index contributed by atoms with van der Waals surface area (Å²) in [7, 11) is -8.06. The van der Waals surface area contributed by atoms with E-state index in [4.69, 9.17) is 0 Å². The van der Waals surface area contributed by atoms with Crippen molar-refractivity contribution in [1.82, 2.24) is 0 Å². The van der Waals surface area contributed by atoms with Gasteiger partial charge in [0, 0.05) is 0 Å². The minimum atomic E-state index is -4.07. The van der Waals surface area contributed by atoms with E-state index in [2.05, 4.69) is 0 Å². The van der Waals surface area contributed by atoms with E-state index in [0.29, 0.717) is 6.42 Å². The quantitative estimate of drug-likeness (QED) is 0.771. The Kier molecular flexibility index (Phi) is 5.55. The Morgan fingerprint density at radius 2 is 1.19 bits per heavy atom. The molecule has 0 amide bonds. The summed E-state index contributed by atoms with van der Waals surface area (Å²) in [6.45, 7) is 1.81. The zero-order valence-corrected chi connectivity index (χ0v) is 16.5. The van der Waals surface area contributed by atoms with Crippen LogP contribution in [0.3, 0.4) is 0 Å². The first kappa shape index (κ1) is 19.8. The smallest absolute Gasteiger partial charge is 0.185 e. The largest absolute Gasteiger partial charge is 0.388 e. The second kappa shape index (κ2) is 7.58. The average molecular weight is 407 g/mol. The summed E-state index contributed by atoms with van der Waals surface area (Å²) < 4.78 is 53.3. The monoisotopic (exact) mass is 406 g/mol. The van der Waals surface area contributed by atoms with Crippen molar-refractivity contribution in [2.24, 2.45) is 5.92 Å². The topological polar surface area (TPSA) is 88.5 Å². The SMILES string of the molecule is CC[C@@H]1C=C[C@H](O)[C@@H](S(=O)(=O)c2ccccc2)[C@@H]1S(=O)(=O)c1ccccc1. The Labute approximate surface area is 160 Å². The highest BCUT2D eigenvalue weighted by Gasteiger charge is 2.50. The summed E-state index contributed by atoms with van der Waals surface area (Å²) in [6.07, 6.45) is 2.06. The number of aliphatic hydroxyl groups excluding tert-OH is 1. The molecule has 0 aromatic heterocycles. The van der Waals surface area contributed by atoms with E-state index in [9.17, 15) is 21.9 Å². The first-order valence-electron chi connectivity index (χ1n) is 8.74. The van der Waals surface area contributed by atoms with Crippen molar-refractivity contribution in [1.29, 1.82) is 0 Å². The first-order chi connectivity index (χ1) is 12.8. The molecule has 1 aliphatic carbocycles. The van der Waals surface area contributed by atoms with Crippen LogP contribution in [-0.4, -0.2) is 38.5 Å². The van der Waals surface area contributed by atoms with Gasteiger partial charge in [-0.1, -0.05) is 55.5 Å². The summed E-state index contributed by atoms with van der Waals surface area (Å²) in [5, 5.41) is 7.79. The van der Waals surface area contributed by atoms with Gasteiger partial charge in [0.05, 0.1) is 21.1 Å². The number of benzene rings is 2. The molecule has 2 aromatic rings. The lowest BCUT2D eigenvalue weighted by molar-refractivity contribution is 0.197. The molecule has 3 rings (SSSR count). The first-order valence-corrected chi connectivity index (χ1v) is 11.8. The van der Waals surface area contributed by atoms with Crippen LogP contribution < -0.4 is 0 Å². The maximum atomic E-state index is 13.4. The highest BCUT2D eigenvalue weighted by atomic mass is 32.2. The highest BCUT2D eigenvalue weighted by Crippen LogP contribution is 2.37. The number of aliphatic hydroxyl groups is 1. The molecule has 4 atom stereocenters. The molecular formula is C20H22O5S2. The molecule has 0 aliphatic heterocycles. The molecule has 1 aliphatic rings. The van der Waals surface area contributed by atoms with E-state index in [0.717, 1.165) is 0 Å². The van der Waals surface area contributed by atoms with Crippen LogP contribution in [0.2, 0.25) is 0 Å². The van der Waals surface area contributed by atoms with Crippen molar-refractivity contribution < 1.29 is 21.9 Å². The van der Waals surface area contributed by atoms with E-state index in [1.165, 1.54) is 30.3 Å². The van der Waals surface area contributed by atoms with Crippen molar-refractivity contribution in [2.45, 2.75) is 39.7 Å². The van der Waals surface area contributed by atoms with Crippen molar-refractivity contribution in [3.8, 4) is 0 Å². The Morgan fingerprint density at radius 1 is 0.741 bits per heavy atom. The minimum absolute atomic E-state index is 0.00691. The fraction of sp³-hybridized carbons (Fsp3) is 0.300. The molecule has 2 aromatic carbocycles. The van der Waals surface area contributed by atoms with Crippen LogP contribution in [0.5, 0.6) is 0 Å². The van der Waals surface area contributed by atoms with Crippen LogP contribution in [0.15, 0.2) is 82.6 Å². The lowest BCUT2D eigenvalue weighted by Gasteiger charge is -2.36. The molecule has 1 N–H and O–H groups in total. The number of rotatable bonds is 5. The van der Waals surface area contributed by atoms with E-state index >= 15 is 0 Å². The van der Waals surface area contributed by atoms with Crippen molar-refractivity contribution in [2.75, 3.05) is 0 Å². The second-order valence-electron chi connectivity index (χ2n) is 6.59. The molecule has 0 fully saturated rings. The predicted molar refractivity (Wildman–Crippen MR) is 104 cm³/mol. The van der Waals surface area contributed by atoms with Gasteiger partial charge in [0.2, 0.25) is 0 Å². The summed E-state index contributed by atoms with van der Waals surface area (Å²) in [6, 6.07) is 15.5. The molecule has 5 nitrogen and oxygen atoms in total. The maximum Gasteiger partial charge on any atom is 0.185 e. The van der Waals surface area contributed by atoms with Crippen molar-refractivity contribution in [3.05, 3.63) is 72.8 Å². The van der Waals surface area contributed by atoms with Crippen molar-refractivity contribution in [3.63, 3.8) is 0 Å². The fourth-order valence-corrected chi connectivity index (χ4v) is 8.43. The third-order valence-electron chi connectivity index (χ3n) is 4.97. The number of sulfone groups is 2. The van der Waals surface area contributed by atoms with Crippen LogP contribution in [0, 0.1) is 5.92 Å². The van der Waals surface area contributed by atoms with Gasteiger partial charge in [0.25, 0.3) is 0 Å². The van der Waals surface area contributed by atoms with E-state index in [-0.39, 0.29) is 9.79 Å². The Morgan fingerprint density at radius 3 is 1.63 bits per heavy atom. The third-order valence-corrected chi connectivity index (χ3v) is 9.65. The minimum Gasteiger partial charge on any atom is -0.388 e. The number of hydrogen-bond donors (Lipinski definition) is 1. The van der Waals surface area contributed by atoms with Crippen LogP contribution in [-0.2, 0) is 19.7 Å². The van der Waals surface area contributed by atoms with Gasteiger partial charge in [-0.25, -0.2) is 16.8 Å². The molecule has 0 radical (unpaired) electrons. The number of allylic oxidation sites excluding steroid dienone is 1. The van der Waals surface area contributed by atoms with Gasteiger partial charge in [0.15, 0.2) is 19.7 Å². The van der Waals surface area contributed by atoms with Gasteiger partial charge < -0.3 is 5.11 Å². The molecule has 144 valence electrons. The predicted octanol–water partition coefficient (Wildman–Crippen LogP) is 2.63. The van der Waals surface area contributed by atoms with Gasteiger partial charge in [0.1, 0.15) is 5.25 Å². The molecule has 0 saturated heterocycles. The standard InChI is InChI=1S/C20H22O5S2/c1-2-15-13-14-18(21)20(27(24,25)17-11-7-4-8-12-17)19(15)26(22,23)16-9-5-3-6-10-16/h3-15,18-21H,2H2,1H3/t15-,18+,19-,20-/m1/s1. The lowest BCUT2D eigenvalue weighted by atomic mass is 9.91. The molecule has 27 heavy (non-hydrogen) atoms. The molecule has 7 heteroatoms. The zero-order valence-electron chi connectivity index (χ0n) is 14.8.